The second kappa shape index (κ2) is 9.07. The van der Waals surface area contributed by atoms with E-state index in [9.17, 15) is 36.6 Å². The Labute approximate surface area is 217 Å². The van der Waals surface area contributed by atoms with E-state index in [4.69, 9.17) is 4.74 Å². The quantitative estimate of drug-likeness (QED) is 0.377. The van der Waals surface area contributed by atoms with Gasteiger partial charge in [0.1, 0.15) is 23.0 Å². The first-order chi connectivity index (χ1) is 17.5. The number of thiazole rings is 1. The van der Waals surface area contributed by atoms with E-state index in [0.717, 1.165) is 11.4 Å². The summed E-state index contributed by atoms with van der Waals surface area (Å²) in [5.41, 5.74) is -4.57. The van der Waals surface area contributed by atoms with Gasteiger partial charge in [0.2, 0.25) is 0 Å². The van der Waals surface area contributed by atoms with Crippen LogP contribution in [0.5, 0.6) is 5.75 Å². The average Bonchev–Trinajstić information content (AvgIpc) is 3.42. The van der Waals surface area contributed by atoms with E-state index < -0.39 is 40.9 Å². The summed E-state index contributed by atoms with van der Waals surface area (Å²) in [6.45, 7) is 3.23. The molecule has 208 valence electrons. The van der Waals surface area contributed by atoms with Crippen LogP contribution in [0.1, 0.15) is 61.8 Å². The molecule has 1 aliphatic heterocycles. The first-order valence-electron chi connectivity index (χ1n) is 12.0. The molecule has 2 aliphatic rings. The van der Waals surface area contributed by atoms with Crippen molar-refractivity contribution >= 4 is 22.4 Å². The van der Waals surface area contributed by atoms with Crippen molar-refractivity contribution in [3.63, 3.8) is 0 Å². The number of piperidine rings is 1. The molecular formula is C24H26F6N4O3S. The van der Waals surface area contributed by atoms with Gasteiger partial charge in [-0.2, -0.15) is 26.3 Å². The number of nitrogens with one attached hydrogen (secondary N) is 1. The van der Waals surface area contributed by atoms with Gasteiger partial charge in [0, 0.05) is 36.0 Å². The van der Waals surface area contributed by atoms with Crippen LogP contribution in [0.25, 0.3) is 11.0 Å². The Hall–Kier alpha value is -2.42. The molecule has 2 fully saturated rings. The Bertz CT molecular complexity index is 1330. The van der Waals surface area contributed by atoms with Crippen molar-refractivity contribution in [1.82, 2.24) is 19.9 Å². The first kappa shape index (κ1) is 27.2. The number of imidazole rings is 1. The zero-order valence-corrected chi connectivity index (χ0v) is 21.2. The maximum atomic E-state index is 14.0. The molecule has 0 spiro atoms. The molecule has 0 amide bonds. The zero-order valence-electron chi connectivity index (χ0n) is 20.4. The van der Waals surface area contributed by atoms with Gasteiger partial charge >= 0.3 is 12.4 Å². The van der Waals surface area contributed by atoms with Crippen LogP contribution < -0.4 is 10.1 Å². The lowest BCUT2D eigenvalue weighted by Gasteiger charge is -2.41. The minimum Gasteiger partial charge on any atom is -0.492 e. The predicted molar refractivity (Wildman–Crippen MR) is 126 cm³/mol. The molecule has 1 aromatic carbocycles. The molecule has 7 nitrogen and oxygen atoms in total. The number of rotatable bonds is 5. The van der Waals surface area contributed by atoms with Crippen molar-refractivity contribution in [1.29, 1.82) is 0 Å². The summed E-state index contributed by atoms with van der Waals surface area (Å²) in [6.07, 6.45) is -7.29. The average molecular weight is 565 g/mol. The summed E-state index contributed by atoms with van der Waals surface area (Å²) in [6, 6.07) is 1.10. The smallest absolute Gasteiger partial charge is 0.434 e. The summed E-state index contributed by atoms with van der Waals surface area (Å²) in [7, 11) is 0. The molecule has 0 bridgehead atoms. The van der Waals surface area contributed by atoms with Crippen molar-refractivity contribution in [3.8, 4) is 5.75 Å². The van der Waals surface area contributed by atoms with Gasteiger partial charge in [-0.15, -0.1) is 11.3 Å². The van der Waals surface area contributed by atoms with Gasteiger partial charge in [-0.25, -0.2) is 9.97 Å². The maximum Gasteiger partial charge on any atom is 0.434 e. The number of hydrogen-bond donors (Lipinski definition) is 3. The number of alkyl halides is 6. The molecule has 1 aliphatic carbocycles. The third kappa shape index (κ3) is 5.23. The fraction of sp³-hybridized carbons (Fsp3) is 0.583. The number of hydrogen-bond acceptors (Lipinski definition) is 7. The molecule has 3 atom stereocenters. The second-order valence-electron chi connectivity index (χ2n) is 10.6. The fourth-order valence-corrected chi connectivity index (χ4v) is 6.43. The molecule has 3 N–H and O–H groups in total. The van der Waals surface area contributed by atoms with Crippen molar-refractivity contribution in [3.05, 3.63) is 40.1 Å². The minimum atomic E-state index is -4.69. The molecule has 2 aromatic heterocycles. The zero-order chi connectivity index (χ0) is 27.7. The summed E-state index contributed by atoms with van der Waals surface area (Å²) >= 11 is 0.716. The topological polar surface area (TPSA) is 92.4 Å². The van der Waals surface area contributed by atoms with E-state index in [2.05, 4.69) is 15.3 Å². The van der Waals surface area contributed by atoms with Crippen LogP contribution in [0.4, 0.5) is 26.3 Å². The van der Waals surface area contributed by atoms with Crippen molar-refractivity contribution in [2.45, 2.75) is 81.2 Å². The highest BCUT2D eigenvalue weighted by Gasteiger charge is 2.44. The van der Waals surface area contributed by atoms with Crippen LogP contribution >= 0.6 is 11.3 Å². The molecule has 3 aromatic rings. The van der Waals surface area contributed by atoms with Gasteiger partial charge in [-0.3, -0.25) is 0 Å². The number of aliphatic hydroxyl groups is 2. The lowest BCUT2D eigenvalue weighted by atomic mass is 9.77. The Morgan fingerprint density at radius 1 is 1.11 bits per heavy atom. The molecule has 0 radical (unpaired) electrons. The lowest BCUT2D eigenvalue weighted by molar-refractivity contribution is -0.141. The number of nitrogens with zero attached hydrogens (tertiary/aromatic N) is 3. The predicted octanol–water partition coefficient (Wildman–Crippen LogP) is 5.02. The van der Waals surface area contributed by atoms with Crippen LogP contribution in [0.15, 0.2) is 23.8 Å². The molecule has 5 rings (SSSR count). The SMILES string of the molecule is C[C@H]1C[C@@](O)(c2nc(C(F)(F)F)cs2)C[C@@H](COc2cc(C(F)(F)F)c3c(c2)ncn3C2CC(C)(O)C2)N1. The van der Waals surface area contributed by atoms with Crippen molar-refractivity contribution in [2.75, 3.05) is 6.61 Å². The third-order valence-electron chi connectivity index (χ3n) is 7.08. The number of ether oxygens (including phenoxy) is 1. The highest BCUT2D eigenvalue weighted by atomic mass is 32.1. The highest BCUT2D eigenvalue weighted by molar-refractivity contribution is 7.09. The van der Waals surface area contributed by atoms with Crippen molar-refractivity contribution < 1.29 is 41.3 Å². The Balaban J connectivity index is 1.36. The molecule has 3 heterocycles. The van der Waals surface area contributed by atoms with Crippen LogP contribution in [0.2, 0.25) is 0 Å². The van der Waals surface area contributed by atoms with Gasteiger partial charge in [0.15, 0.2) is 5.69 Å². The summed E-state index contributed by atoms with van der Waals surface area (Å²) in [5.74, 6) is -0.0761. The van der Waals surface area contributed by atoms with E-state index in [-0.39, 0.29) is 53.3 Å². The van der Waals surface area contributed by atoms with Crippen LogP contribution in [0, 0.1) is 0 Å². The van der Waals surface area contributed by atoms with Gasteiger partial charge in [-0.1, -0.05) is 0 Å². The highest BCUT2D eigenvalue weighted by Crippen LogP contribution is 2.45. The van der Waals surface area contributed by atoms with Gasteiger partial charge < -0.3 is 24.8 Å². The Morgan fingerprint density at radius 2 is 1.82 bits per heavy atom. The van der Waals surface area contributed by atoms with Crippen LogP contribution in [0.3, 0.4) is 0 Å². The molecule has 1 saturated heterocycles. The molecule has 38 heavy (non-hydrogen) atoms. The van der Waals surface area contributed by atoms with Crippen LogP contribution in [-0.4, -0.2) is 49.0 Å². The molecule has 1 saturated carbocycles. The van der Waals surface area contributed by atoms with Gasteiger partial charge in [0.05, 0.1) is 28.5 Å². The number of halogens is 6. The molecule has 14 heteroatoms. The van der Waals surface area contributed by atoms with Gasteiger partial charge in [-0.05, 0) is 39.2 Å². The largest absolute Gasteiger partial charge is 0.492 e. The number of aromatic nitrogens is 3. The maximum absolute atomic E-state index is 14.0. The van der Waals surface area contributed by atoms with Crippen LogP contribution in [-0.2, 0) is 18.0 Å². The Kier molecular flexibility index (Phi) is 6.48. The fourth-order valence-electron chi connectivity index (χ4n) is 5.49. The van der Waals surface area contributed by atoms with Gasteiger partial charge in [0.25, 0.3) is 0 Å². The summed E-state index contributed by atoms with van der Waals surface area (Å²) < 4.78 is 88.3. The Morgan fingerprint density at radius 3 is 2.42 bits per heavy atom. The minimum absolute atomic E-state index is 0.0350. The number of fused-ring (bicyclic) bond motifs is 1. The molecule has 0 unspecified atom stereocenters. The standard InChI is InChI=1S/C24H26F6N4O3S/c1-12-5-22(36,20-33-18(10-38-20)24(28,29)30)6-13(32-12)9-37-15-3-16(23(25,26)27)19-17(4-15)31-11-34(19)14-7-21(2,35)8-14/h3-4,10-14,32,35-36H,5-9H2,1-2H3/t12-,13-,14?,21?,22-/m0/s1. The number of benzene rings is 1. The summed E-state index contributed by atoms with van der Waals surface area (Å²) in [4.78, 5) is 7.74. The van der Waals surface area contributed by atoms with E-state index in [1.165, 1.54) is 17.0 Å². The summed E-state index contributed by atoms with van der Waals surface area (Å²) in [5, 5.41) is 25.2. The van der Waals surface area contributed by atoms with E-state index in [1.807, 2.05) is 0 Å². The lowest BCUT2D eigenvalue weighted by Crippen LogP contribution is -2.53. The van der Waals surface area contributed by atoms with Crippen molar-refractivity contribution in [2.24, 2.45) is 0 Å². The van der Waals surface area contributed by atoms with E-state index in [1.54, 1.807) is 13.8 Å². The monoisotopic (exact) mass is 564 g/mol. The third-order valence-corrected chi connectivity index (χ3v) is 8.12. The molecular weight excluding hydrogens is 538 g/mol. The van der Waals surface area contributed by atoms with E-state index in [0.29, 0.717) is 24.2 Å². The van der Waals surface area contributed by atoms with E-state index >= 15 is 0 Å². The first-order valence-corrected chi connectivity index (χ1v) is 12.9. The normalized spacial score (nSPS) is 30.4. The second-order valence-corrected chi connectivity index (χ2v) is 11.5.